The molecular weight excluding hydrogens is 322 g/mol. The number of amides is 1. The number of fused-ring (bicyclic) bond motifs is 1. The fourth-order valence-corrected chi connectivity index (χ4v) is 4.03. The monoisotopic (exact) mass is 347 g/mol. The third-order valence-electron chi connectivity index (χ3n) is 5.65. The van der Waals surface area contributed by atoms with E-state index in [1.807, 2.05) is 23.1 Å². The number of hydrogen-bond donors (Lipinski definition) is 1. The Balaban J connectivity index is 1.29. The summed E-state index contributed by atoms with van der Waals surface area (Å²) >= 11 is 0. The maximum atomic E-state index is 12.5. The van der Waals surface area contributed by atoms with Gasteiger partial charge in [0.15, 0.2) is 11.5 Å². The molecule has 4 rings (SSSR count). The van der Waals surface area contributed by atoms with Gasteiger partial charge >= 0.3 is 0 Å². The molecule has 1 spiro atoms. The van der Waals surface area contributed by atoms with E-state index in [0.717, 1.165) is 49.4 Å². The summed E-state index contributed by atoms with van der Waals surface area (Å²) in [4.78, 5) is 14.4. The Kier molecular flexibility index (Phi) is 4.56. The van der Waals surface area contributed by atoms with Gasteiger partial charge in [-0.15, -0.1) is 0 Å². The van der Waals surface area contributed by atoms with E-state index in [1.54, 1.807) is 0 Å². The van der Waals surface area contributed by atoms with Crippen LogP contribution in [-0.4, -0.2) is 54.1 Å². The Morgan fingerprint density at radius 2 is 2.04 bits per heavy atom. The molecule has 2 fully saturated rings. The quantitative estimate of drug-likeness (QED) is 0.904. The van der Waals surface area contributed by atoms with Crippen molar-refractivity contribution in [3.8, 4) is 11.5 Å². The molecular formula is C19H25NO5. The number of piperidine rings is 1. The van der Waals surface area contributed by atoms with Crippen LogP contribution in [0.15, 0.2) is 18.2 Å². The van der Waals surface area contributed by atoms with E-state index in [1.165, 1.54) is 0 Å². The number of carbonyl (C=O) groups excluding carboxylic acids is 1. The van der Waals surface area contributed by atoms with Crippen molar-refractivity contribution in [2.24, 2.45) is 0 Å². The minimum Gasteiger partial charge on any atom is -0.454 e. The zero-order valence-corrected chi connectivity index (χ0v) is 14.4. The molecule has 0 aliphatic carbocycles. The Hall–Kier alpha value is -1.79. The first-order chi connectivity index (χ1) is 12.2. The van der Waals surface area contributed by atoms with E-state index >= 15 is 0 Å². The van der Waals surface area contributed by atoms with Crippen LogP contribution in [-0.2, 0) is 16.0 Å². The van der Waals surface area contributed by atoms with Crippen molar-refractivity contribution in [3.05, 3.63) is 23.8 Å². The second kappa shape index (κ2) is 6.84. The van der Waals surface area contributed by atoms with Crippen LogP contribution in [0.25, 0.3) is 0 Å². The van der Waals surface area contributed by atoms with Crippen LogP contribution in [0.5, 0.6) is 11.5 Å². The fourth-order valence-electron chi connectivity index (χ4n) is 4.03. The summed E-state index contributed by atoms with van der Waals surface area (Å²) in [7, 11) is 0. The Morgan fingerprint density at radius 3 is 2.84 bits per heavy atom. The summed E-state index contributed by atoms with van der Waals surface area (Å²) in [5.41, 5.74) is 0.656. The molecule has 3 aliphatic heterocycles. The average Bonchev–Trinajstić information content (AvgIpc) is 3.11. The van der Waals surface area contributed by atoms with Gasteiger partial charge in [-0.2, -0.15) is 0 Å². The molecule has 1 amide bonds. The lowest BCUT2D eigenvalue weighted by atomic mass is 9.82. The van der Waals surface area contributed by atoms with Crippen molar-refractivity contribution in [2.75, 3.05) is 26.5 Å². The molecule has 6 heteroatoms. The van der Waals surface area contributed by atoms with Crippen LogP contribution in [0.2, 0.25) is 0 Å². The standard InChI is InChI=1S/C19H25NO5/c21-17-2-1-11-25-19(17)7-9-20(10-8-19)18(22)6-4-14-3-5-15-16(12-14)24-13-23-15/h3,5,12,17,21H,1-2,4,6-11,13H2/t17-/m0/s1. The lowest BCUT2D eigenvalue weighted by Crippen LogP contribution is -2.56. The first-order valence-electron chi connectivity index (χ1n) is 9.15. The number of benzene rings is 1. The maximum absolute atomic E-state index is 12.5. The Bertz CT molecular complexity index is 639. The van der Waals surface area contributed by atoms with E-state index in [2.05, 4.69) is 0 Å². The van der Waals surface area contributed by atoms with Crippen LogP contribution in [0, 0.1) is 0 Å². The highest BCUT2D eigenvalue weighted by atomic mass is 16.7. The lowest BCUT2D eigenvalue weighted by Gasteiger charge is -2.46. The van der Waals surface area contributed by atoms with E-state index in [-0.39, 0.29) is 12.7 Å². The number of ether oxygens (including phenoxy) is 3. The number of hydrogen-bond acceptors (Lipinski definition) is 5. The van der Waals surface area contributed by atoms with Gasteiger partial charge in [-0.1, -0.05) is 6.07 Å². The van der Waals surface area contributed by atoms with E-state index in [0.29, 0.717) is 25.9 Å². The van der Waals surface area contributed by atoms with Crippen molar-refractivity contribution < 1.29 is 24.1 Å². The zero-order chi connectivity index (χ0) is 17.3. The number of nitrogens with zero attached hydrogens (tertiary/aromatic N) is 1. The number of aliphatic hydroxyl groups excluding tert-OH is 1. The normalized spacial score (nSPS) is 24.5. The van der Waals surface area contributed by atoms with Crippen molar-refractivity contribution >= 4 is 5.91 Å². The molecule has 1 atom stereocenters. The molecule has 0 saturated carbocycles. The molecule has 136 valence electrons. The molecule has 1 aromatic carbocycles. The molecule has 6 nitrogen and oxygen atoms in total. The first kappa shape index (κ1) is 16.7. The molecule has 0 unspecified atom stereocenters. The van der Waals surface area contributed by atoms with Gasteiger partial charge in [0.25, 0.3) is 0 Å². The SMILES string of the molecule is O=C(CCc1ccc2c(c1)OCO2)N1CCC2(CC1)OCCC[C@@H]2O. The summed E-state index contributed by atoms with van der Waals surface area (Å²) in [6.07, 6.45) is 3.95. The summed E-state index contributed by atoms with van der Waals surface area (Å²) in [6, 6.07) is 5.83. The van der Waals surface area contributed by atoms with Crippen LogP contribution in [0.4, 0.5) is 0 Å². The highest BCUT2D eigenvalue weighted by molar-refractivity contribution is 5.76. The average molecular weight is 347 g/mol. The smallest absolute Gasteiger partial charge is 0.231 e. The van der Waals surface area contributed by atoms with Gasteiger partial charge in [0, 0.05) is 26.1 Å². The predicted octanol–water partition coefficient (Wildman–Crippen LogP) is 1.88. The van der Waals surface area contributed by atoms with Crippen molar-refractivity contribution in [3.63, 3.8) is 0 Å². The van der Waals surface area contributed by atoms with Crippen LogP contribution in [0.3, 0.4) is 0 Å². The summed E-state index contributed by atoms with van der Waals surface area (Å²) in [6.45, 7) is 2.31. The van der Waals surface area contributed by atoms with E-state index < -0.39 is 11.7 Å². The van der Waals surface area contributed by atoms with E-state index in [9.17, 15) is 9.90 Å². The number of aliphatic hydroxyl groups is 1. The Morgan fingerprint density at radius 1 is 1.24 bits per heavy atom. The van der Waals surface area contributed by atoms with E-state index in [4.69, 9.17) is 14.2 Å². The second-order valence-corrected chi connectivity index (χ2v) is 7.14. The van der Waals surface area contributed by atoms with Crippen molar-refractivity contribution in [1.29, 1.82) is 0 Å². The molecule has 3 heterocycles. The van der Waals surface area contributed by atoms with Gasteiger partial charge < -0.3 is 24.2 Å². The molecule has 0 radical (unpaired) electrons. The third-order valence-corrected chi connectivity index (χ3v) is 5.65. The van der Waals surface area contributed by atoms with Gasteiger partial charge in [0.2, 0.25) is 12.7 Å². The zero-order valence-electron chi connectivity index (χ0n) is 14.4. The molecule has 0 bridgehead atoms. The van der Waals surface area contributed by atoms with Gasteiger partial charge in [-0.3, -0.25) is 4.79 Å². The summed E-state index contributed by atoms with van der Waals surface area (Å²) in [5.74, 6) is 1.69. The minimum absolute atomic E-state index is 0.165. The van der Waals surface area contributed by atoms with Gasteiger partial charge in [-0.05, 0) is 49.8 Å². The van der Waals surface area contributed by atoms with Crippen LogP contribution < -0.4 is 9.47 Å². The maximum Gasteiger partial charge on any atom is 0.231 e. The van der Waals surface area contributed by atoms with Crippen molar-refractivity contribution in [1.82, 2.24) is 4.90 Å². The highest BCUT2D eigenvalue weighted by Crippen LogP contribution is 2.36. The molecule has 0 aromatic heterocycles. The number of carbonyl (C=O) groups is 1. The van der Waals surface area contributed by atoms with Gasteiger partial charge in [0.1, 0.15) is 0 Å². The Labute approximate surface area is 147 Å². The second-order valence-electron chi connectivity index (χ2n) is 7.14. The van der Waals surface area contributed by atoms with Crippen molar-refractivity contribution in [2.45, 2.75) is 50.2 Å². The predicted molar refractivity (Wildman–Crippen MR) is 90.6 cm³/mol. The lowest BCUT2D eigenvalue weighted by molar-refractivity contribution is -0.179. The molecule has 25 heavy (non-hydrogen) atoms. The largest absolute Gasteiger partial charge is 0.454 e. The summed E-state index contributed by atoms with van der Waals surface area (Å²) < 4.78 is 16.6. The first-order valence-corrected chi connectivity index (χ1v) is 9.15. The fraction of sp³-hybridized carbons (Fsp3) is 0.632. The molecule has 3 aliphatic rings. The highest BCUT2D eigenvalue weighted by Gasteiger charge is 2.44. The number of rotatable bonds is 3. The minimum atomic E-state index is -0.424. The van der Waals surface area contributed by atoms with Crippen LogP contribution in [0.1, 0.15) is 37.7 Å². The van der Waals surface area contributed by atoms with Gasteiger partial charge in [0.05, 0.1) is 11.7 Å². The molecule has 1 N–H and O–H groups in total. The molecule has 1 aromatic rings. The molecule has 2 saturated heterocycles. The van der Waals surface area contributed by atoms with Crippen LogP contribution >= 0.6 is 0 Å². The topological polar surface area (TPSA) is 68.2 Å². The number of aryl methyl sites for hydroxylation is 1. The number of likely N-dealkylation sites (tertiary alicyclic amines) is 1. The third kappa shape index (κ3) is 3.33. The summed E-state index contributed by atoms with van der Waals surface area (Å²) in [5, 5.41) is 10.3. The van der Waals surface area contributed by atoms with Gasteiger partial charge in [-0.25, -0.2) is 0 Å².